The van der Waals surface area contributed by atoms with Crippen LogP contribution in [0.1, 0.15) is 13.8 Å². The fourth-order valence-corrected chi connectivity index (χ4v) is 2.68. The van der Waals surface area contributed by atoms with Crippen molar-refractivity contribution in [2.24, 2.45) is 10.7 Å². The summed E-state index contributed by atoms with van der Waals surface area (Å²) in [4.78, 5) is 4.60. The molecule has 0 spiro atoms. The van der Waals surface area contributed by atoms with Gasteiger partial charge in [-0.3, -0.25) is 5.41 Å². The predicted octanol–water partition coefficient (Wildman–Crippen LogP) is 4.43. The SMILES string of the molecule is CCOc1ccc(N=C2C=C(Nc3ccc(OCC)cc3)C(=N)C=C2N)cc1. The van der Waals surface area contributed by atoms with Crippen molar-refractivity contribution in [1.82, 2.24) is 0 Å². The van der Waals surface area contributed by atoms with Crippen LogP contribution in [0, 0.1) is 5.41 Å². The first-order chi connectivity index (χ1) is 13.6. The van der Waals surface area contributed by atoms with E-state index in [1.807, 2.05) is 62.4 Å². The van der Waals surface area contributed by atoms with Gasteiger partial charge in [0.25, 0.3) is 0 Å². The maximum Gasteiger partial charge on any atom is 0.119 e. The highest BCUT2D eigenvalue weighted by atomic mass is 16.5. The van der Waals surface area contributed by atoms with E-state index in [9.17, 15) is 0 Å². The quantitative estimate of drug-likeness (QED) is 0.623. The highest BCUT2D eigenvalue weighted by molar-refractivity contribution is 6.23. The molecule has 0 heterocycles. The molecule has 6 nitrogen and oxygen atoms in total. The number of aliphatic imine (C=N–C) groups is 1. The van der Waals surface area contributed by atoms with Crippen molar-refractivity contribution >= 4 is 22.8 Å². The average molecular weight is 376 g/mol. The number of anilines is 1. The summed E-state index contributed by atoms with van der Waals surface area (Å²) in [6.45, 7) is 5.13. The highest BCUT2D eigenvalue weighted by Crippen LogP contribution is 2.22. The summed E-state index contributed by atoms with van der Waals surface area (Å²) in [6, 6.07) is 15.1. The topological polar surface area (TPSA) is 92.7 Å². The Morgan fingerprint density at radius 2 is 1.46 bits per heavy atom. The minimum absolute atomic E-state index is 0.303. The molecule has 3 rings (SSSR count). The summed E-state index contributed by atoms with van der Waals surface area (Å²) in [5, 5.41) is 11.4. The number of nitrogens with two attached hydrogens (primary N) is 1. The molecule has 1 aliphatic carbocycles. The van der Waals surface area contributed by atoms with E-state index in [0.29, 0.717) is 36.0 Å². The summed E-state index contributed by atoms with van der Waals surface area (Å²) in [5.41, 5.74) is 9.69. The summed E-state index contributed by atoms with van der Waals surface area (Å²) >= 11 is 0. The molecule has 0 saturated heterocycles. The van der Waals surface area contributed by atoms with Crippen LogP contribution in [-0.2, 0) is 0 Å². The Labute approximate surface area is 164 Å². The van der Waals surface area contributed by atoms with E-state index in [2.05, 4.69) is 10.3 Å². The third-order valence-electron chi connectivity index (χ3n) is 4.01. The molecule has 2 aromatic rings. The van der Waals surface area contributed by atoms with Gasteiger partial charge in [0.2, 0.25) is 0 Å². The largest absolute Gasteiger partial charge is 0.494 e. The van der Waals surface area contributed by atoms with Gasteiger partial charge in [0.15, 0.2) is 0 Å². The van der Waals surface area contributed by atoms with Gasteiger partial charge < -0.3 is 20.5 Å². The van der Waals surface area contributed by atoms with Crippen molar-refractivity contribution in [2.75, 3.05) is 18.5 Å². The molecule has 0 unspecified atom stereocenters. The molecule has 6 heteroatoms. The lowest BCUT2D eigenvalue weighted by Crippen LogP contribution is -2.21. The Morgan fingerprint density at radius 1 is 0.893 bits per heavy atom. The minimum atomic E-state index is 0.303. The first kappa shape index (κ1) is 19.2. The molecule has 0 amide bonds. The van der Waals surface area contributed by atoms with E-state index < -0.39 is 0 Å². The van der Waals surface area contributed by atoms with E-state index in [1.165, 1.54) is 0 Å². The van der Waals surface area contributed by atoms with Crippen molar-refractivity contribution in [3.05, 3.63) is 72.1 Å². The fourth-order valence-electron chi connectivity index (χ4n) is 2.68. The maximum atomic E-state index is 8.19. The van der Waals surface area contributed by atoms with Gasteiger partial charge in [0, 0.05) is 5.69 Å². The second-order valence-electron chi connectivity index (χ2n) is 6.08. The number of hydrogen-bond acceptors (Lipinski definition) is 6. The van der Waals surface area contributed by atoms with Crippen LogP contribution in [0.5, 0.6) is 11.5 Å². The van der Waals surface area contributed by atoms with Crippen molar-refractivity contribution < 1.29 is 9.47 Å². The van der Waals surface area contributed by atoms with Crippen LogP contribution < -0.4 is 20.5 Å². The second kappa shape index (κ2) is 8.90. The summed E-state index contributed by atoms with van der Waals surface area (Å²) in [7, 11) is 0. The smallest absolute Gasteiger partial charge is 0.119 e. The van der Waals surface area contributed by atoms with Gasteiger partial charge in [0.05, 0.1) is 41.7 Å². The van der Waals surface area contributed by atoms with Crippen LogP contribution in [0.2, 0.25) is 0 Å². The van der Waals surface area contributed by atoms with Crippen LogP contribution >= 0.6 is 0 Å². The third kappa shape index (κ3) is 4.79. The lowest BCUT2D eigenvalue weighted by molar-refractivity contribution is 0.340. The molecule has 0 saturated carbocycles. The Bertz CT molecular complexity index is 926. The zero-order chi connectivity index (χ0) is 19.9. The van der Waals surface area contributed by atoms with Crippen molar-refractivity contribution in [3.8, 4) is 11.5 Å². The number of rotatable bonds is 7. The first-order valence-corrected chi connectivity index (χ1v) is 9.18. The second-order valence-corrected chi connectivity index (χ2v) is 6.08. The van der Waals surface area contributed by atoms with E-state index >= 15 is 0 Å². The summed E-state index contributed by atoms with van der Waals surface area (Å²) in [5.74, 6) is 1.61. The van der Waals surface area contributed by atoms with Crippen LogP contribution in [0.3, 0.4) is 0 Å². The number of benzene rings is 2. The predicted molar refractivity (Wildman–Crippen MR) is 114 cm³/mol. The van der Waals surface area contributed by atoms with Gasteiger partial charge >= 0.3 is 0 Å². The Balaban J connectivity index is 1.80. The molecule has 28 heavy (non-hydrogen) atoms. The van der Waals surface area contributed by atoms with Crippen LogP contribution in [0.4, 0.5) is 11.4 Å². The normalized spacial score (nSPS) is 15.1. The molecule has 4 N–H and O–H groups in total. The molecule has 0 aliphatic heterocycles. The Morgan fingerprint density at radius 3 is 2.04 bits per heavy atom. The van der Waals surface area contributed by atoms with E-state index in [-0.39, 0.29) is 0 Å². The zero-order valence-electron chi connectivity index (χ0n) is 16.0. The van der Waals surface area contributed by atoms with E-state index in [0.717, 1.165) is 22.9 Å². The van der Waals surface area contributed by atoms with Crippen LogP contribution in [0.15, 0.2) is 77.1 Å². The maximum absolute atomic E-state index is 8.19. The molecular formula is C22H24N4O2. The third-order valence-corrected chi connectivity index (χ3v) is 4.01. The molecular weight excluding hydrogens is 352 g/mol. The fraction of sp³-hybridized carbons (Fsp3) is 0.182. The number of allylic oxidation sites excluding steroid dienone is 2. The number of nitrogens with zero attached hydrogens (tertiary/aromatic N) is 1. The molecule has 144 valence electrons. The zero-order valence-corrected chi connectivity index (χ0v) is 16.0. The molecule has 0 bridgehead atoms. The number of hydrogen-bond donors (Lipinski definition) is 3. The monoisotopic (exact) mass is 376 g/mol. The summed E-state index contributed by atoms with van der Waals surface area (Å²) in [6.07, 6.45) is 3.38. The van der Waals surface area contributed by atoms with Gasteiger partial charge in [-0.2, -0.15) is 0 Å². The van der Waals surface area contributed by atoms with E-state index in [4.69, 9.17) is 20.6 Å². The molecule has 0 atom stereocenters. The minimum Gasteiger partial charge on any atom is -0.494 e. The lowest BCUT2D eigenvalue weighted by Gasteiger charge is -2.16. The van der Waals surface area contributed by atoms with Crippen molar-refractivity contribution in [1.29, 1.82) is 5.41 Å². The molecule has 0 radical (unpaired) electrons. The van der Waals surface area contributed by atoms with Gasteiger partial charge in [-0.15, -0.1) is 0 Å². The van der Waals surface area contributed by atoms with Crippen molar-refractivity contribution in [3.63, 3.8) is 0 Å². The van der Waals surface area contributed by atoms with Gasteiger partial charge in [-0.1, -0.05) is 0 Å². The standard InChI is InChI=1S/C22H24N4O2/c1-3-27-17-9-5-15(6-10-17)25-21-14-22(20(24)13-19(21)23)26-16-7-11-18(12-8-16)28-4-2/h5-14,23,25H,3-4,24H2,1-2H3. The summed E-state index contributed by atoms with van der Waals surface area (Å²) < 4.78 is 10.9. The molecule has 0 fully saturated rings. The molecule has 1 aliphatic rings. The number of nitrogens with one attached hydrogen (secondary N) is 2. The van der Waals surface area contributed by atoms with Gasteiger partial charge in [-0.05, 0) is 74.5 Å². The van der Waals surface area contributed by atoms with Crippen LogP contribution in [-0.4, -0.2) is 24.6 Å². The van der Waals surface area contributed by atoms with Gasteiger partial charge in [0.1, 0.15) is 11.5 Å². The van der Waals surface area contributed by atoms with Crippen LogP contribution in [0.25, 0.3) is 0 Å². The van der Waals surface area contributed by atoms with Crippen molar-refractivity contribution in [2.45, 2.75) is 13.8 Å². The Kier molecular flexibility index (Phi) is 6.11. The number of ether oxygens (including phenoxy) is 2. The lowest BCUT2D eigenvalue weighted by atomic mass is 10.0. The average Bonchev–Trinajstić information content (AvgIpc) is 2.69. The highest BCUT2D eigenvalue weighted by Gasteiger charge is 2.15. The van der Waals surface area contributed by atoms with Gasteiger partial charge in [-0.25, -0.2) is 4.99 Å². The van der Waals surface area contributed by atoms with E-state index in [1.54, 1.807) is 12.2 Å². The molecule has 0 aromatic heterocycles. The first-order valence-electron chi connectivity index (χ1n) is 9.18. The molecule has 2 aromatic carbocycles. The Hall–Kier alpha value is -3.54.